The van der Waals surface area contributed by atoms with Gasteiger partial charge in [-0.15, -0.1) is 0 Å². The summed E-state index contributed by atoms with van der Waals surface area (Å²) in [5, 5.41) is 1.72. The van der Waals surface area contributed by atoms with Crippen molar-refractivity contribution < 1.29 is 13.2 Å². The van der Waals surface area contributed by atoms with Crippen molar-refractivity contribution in [2.24, 2.45) is 0 Å². The largest absolute Gasteiger partial charge is 0.416 e. The van der Waals surface area contributed by atoms with E-state index in [9.17, 15) is 13.2 Å². The summed E-state index contributed by atoms with van der Waals surface area (Å²) in [5.41, 5.74) is -0.649. The summed E-state index contributed by atoms with van der Waals surface area (Å²) in [6.45, 7) is 1.89. The van der Waals surface area contributed by atoms with Crippen LogP contribution in [-0.4, -0.2) is 14.2 Å². The van der Waals surface area contributed by atoms with Gasteiger partial charge in [0.25, 0.3) is 0 Å². The van der Waals surface area contributed by atoms with Crippen molar-refractivity contribution in [1.82, 2.24) is 0 Å². The molecule has 0 saturated heterocycles. The summed E-state index contributed by atoms with van der Waals surface area (Å²) in [6, 6.07) is 14.6. The molecule has 0 spiro atoms. The second-order valence-electron chi connectivity index (χ2n) is 4.46. The maximum Gasteiger partial charge on any atom is 0.416 e. The van der Waals surface area contributed by atoms with Gasteiger partial charge in [-0.1, -0.05) is 18.2 Å². The average Bonchev–Trinajstić information content (AvgIpc) is 2.39. The first-order valence-corrected chi connectivity index (χ1v) is 8.01. The van der Waals surface area contributed by atoms with Crippen molar-refractivity contribution in [2.75, 3.05) is 6.66 Å². The first-order valence-electron chi connectivity index (χ1n) is 5.70. The second-order valence-corrected chi connectivity index (χ2v) is 7.64. The van der Waals surface area contributed by atoms with Gasteiger partial charge in [-0.05, 0) is 36.4 Å². The Morgan fingerprint density at radius 2 is 1.32 bits per heavy atom. The molecule has 0 bridgehead atoms. The van der Waals surface area contributed by atoms with E-state index in [4.69, 9.17) is 7.57 Å². The minimum absolute atomic E-state index is 0.649. The molecule has 2 rings (SSSR count). The molecule has 19 heavy (non-hydrogen) atoms. The van der Waals surface area contributed by atoms with Crippen LogP contribution in [0.5, 0.6) is 0 Å². The number of hydrogen-bond donors (Lipinski definition) is 0. The summed E-state index contributed by atoms with van der Waals surface area (Å²) < 4.78 is 37.6. The third kappa shape index (κ3) is 3.01. The zero-order valence-corrected chi connectivity index (χ0v) is 11.2. The molecule has 1 atom stereocenters. The van der Waals surface area contributed by atoms with Gasteiger partial charge in [0.2, 0.25) is 0 Å². The molecule has 96 valence electrons. The minimum atomic E-state index is -4.31. The van der Waals surface area contributed by atoms with Gasteiger partial charge in [0, 0.05) is 13.8 Å². The van der Waals surface area contributed by atoms with Crippen LogP contribution in [0.4, 0.5) is 13.2 Å². The van der Waals surface area contributed by atoms with E-state index in [-0.39, 0.29) is 0 Å². The molecule has 0 amide bonds. The van der Waals surface area contributed by atoms with E-state index in [0.717, 1.165) is 22.7 Å². The van der Waals surface area contributed by atoms with Gasteiger partial charge in [-0.25, -0.2) is 0 Å². The van der Waals surface area contributed by atoms with Crippen LogP contribution in [0.3, 0.4) is 0 Å². The molecule has 2 aromatic rings. The molecule has 0 aliphatic heterocycles. The fraction of sp³-hybridized carbons (Fsp3) is 0.143. The number of rotatable bonds is 2. The highest BCUT2D eigenvalue weighted by atomic mass is 31.2. The van der Waals surface area contributed by atoms with Crippen LogP contribution < -0.4 is 10.6 Å². The zero-order valence-electron chi connectivity index (χ0n) is 10.4. The normalized spacial score (nSPS) is 14.9. The summed E-state index contributed by atoms with van der Waals surface area (Å²) in [5.74, 6) is 0. The monoisotopic (exact) mass is 279 g/mol. The van der Waals surface area contributed by atoms with E-state index >= 15 is 0 Å². The van der Waals surface area contributed by atoms with Crippen LogP contribution in [0, 0.1) is 0 Å². The molecular formula is C14H12BF3P+. The fourth-order valence-corrected chi connectivity index (χ4v) is 3.70. The van der Waals surface area contributed by atoms with Gasteiger partial charge >= 0.3 is 13.7 Å². The predicted octanol–water partition coefficient (Wildman–Crippen LogP) is 3.39. The maximum absolute atomic E-state index is 12.5. The van der Waals surface area contributed by atoms with E-state index in [1.54, 1.807) is 0 Å². The van der Waals surface area contributed by atoms with Crippen LogP contribution in [0.2, 0.25) is 0 Å². The molecule has 0 aliphatic carbocycles. The lowest BCUT2D eigenvalue weighted by atomic mass is 10.2. The first kappa shape index (κ1) is 14.1. The Kier molecular flexibility index (Phi) is 3.73. The van der Waals surface area contributed by atoms with E-state index in [1.807, 2.05) is 37.0 Å². The second kappa shape index (κ2) is 5.01. The van der Waals surface area contributed by atoms with Crippen molar-refractivity contribution >= 4 is 25.3 Å². The first-order chi connectivity index (χ1) is 8.82. The molecule has 0 N–H and O–H groups in total. The topological polar surface area (TPSA) is 0 Å². The van der Waals surface area contributed by atoms with Gasteiger partial charge < -0.3 is 0 Å². The molecule has 0 saturated carbocycles. The fourth-order valence-electron chi connectivity index (χ4n) is 1.85. The number of alkyl halides is 3. The maximum atomic E-state index is 12.5. The SMILES string of the molecule is [B][P+](C)(c1ccccc1)c1ccc(C(F)(F)F)cc1. The molecule has 0 nitrogen and oxygen atoms in total. The smallest absolute Gasteiger partial charge is 0.166 e. The van der Waals surface area contributed by atoms with Gasteiger partial charge in [0.05, 0.1) is 16.2 Å². The summed E-state index contributed by atoms with van der Waals surface area (Å²) >= 11 is 0. The Hall–Kier alpha value is -1.28. The van der Waals surface area contributed by atoms with Crippen molar-refractivity contribution in [3.63, 3.8) is 0 Å². The molecule has 0 heterocycles. The van der Waals surface area contributed by atoms with Crippen LogP contribution in [0.1, 0.15) is 5.56 Å². The van der Waals surface area contributed by atoms with Crippen LogP contribution in [0.25, 0.3) is 0 Å². The van der Waals surface area contributed by atoms with Crippen LogP contribution in [0.15, 0.2) is 54.6 Å². The lowest BCUT2D eigenvalue weighted by Gasteiger charge is -2.19. The Balaban J connectivity index is 2.37. The Morgan fingerprint density at radius 1 is 0.842 bits per heavy atom. The molecular weight excluding hydrogens is 267 g/mol. The minimum Gasteiger partial charge on any atom is -0.166 e. The Labute approximate surface area is 112 Å². The quantitative estimate of drug-likeness (QED) is 0.584. The Bertz CT molecular complexity index is 547. The molecule has 0 aromatic heterocycles. The van der Waals surface area contributed by atoms with Crippen molar-refractivity contribution in [1.29, 1.82) is 0 Å². The molecule has 0 fully saturated rings. The highest BCUT2D eigenvalue weighted by molar-refractivity contribution is 8.08. The van der Waals surface area contributed by atoms with Gasteiger partial charge in [-0.3, -0.25) is 0 Å². The van der Waals surface area contributed by atoms with Crippen molar-refractivity contribution in [2.45, 2.75) is 6.18 Å². The number of benzene rings is 2. The third-order valence-electron chi connectivity index (χ3n) is 3.02. The van der Waals surface area contributed by atoms with Gasteiger partial charge in [-0.2, -0.15) is 13.2 Å². The van der Waals surface area contributed by atoms with E-state index in [1.165, 1.54) is 12.1 Å². The molecule has 5 heteroatoms. The lowest BCUT2D eigenvalue weighted by molar-refractivity contribution is -0.137. The van der Waals surface area contributed by atoms with Gasteiger partial charge in [0.1, 0.15) is 0 Å². The molecule has 2 radical (unpaired) electrons. The molecule has 0 aliphatic rings. The number of halogens is 3. The summed E-state index contributed by atoms with van der Waals surface area (Å²) in [6.07, 6.45) is -4.31. The Morgan fingerprint density at radius 3 is 1.79 bits per heavy atom. The number of hydrogen-bond acceptors (Lipinski definition) is 0. The highest BCUT2D eigenvalue weighted by Crippen LogP contribution is 2.47. The zero-order chi connectivity index (χ0) is 14.1. The van der Waals surface area contributed by atoms with E-state index in [0.29, 0.717) is 0 Å². The third-order valence-corrected chi connectivity index (χ3v) is 5.77. The van der Waals surface area contributed by atoms with Gasteiger partial charge in [0.15, 0.2) is 0 Å². The van der Waals surface area contributed by atoms with Crippen molar-refractivity contribution in [3.05, 3.63) is 60.2 Å². The predicted molar refractivity (Wildman–Crippen MR) is 75.8 cm³/mol. The highest BCUT2D eigenvalue weighted by Gasteiger charge is 2.34. The van der Waals surface area contributed by atoms with E-state index < -0.39 is 18.9 Å². The summed E-state index contributed by atoms with van der Waals surface area (Å²) in [4.78, 5) is 0. The molecule has 1 unspecified atom stereocenters. The van der Waals surface area contributed by atoms with E-state index in [2.05, 4.69) is 0 Å². The summed E-state index contributed by atoms with van der Waals surface area (Å²) in [7, 11) is 4.26. The van der Waals surface area contributed by atoms with Crippen molar-refractivity contribution in [3.8, 4) is 0 Å². The lowest BCUT2D eigenvalue weighted by Crippen LogP contribution is -2.21. The average molecular weight is 279 g/mol. The van der Waals surface area contributed by atoms with Crippen LogP contribution in [-0.2, 0) is 6.18 Å². The standard InChI is InChI=1S/C14H12BF3P/c1-19(15,12-5-3-2-4-6-12)13-9-7-11(8-10-13)14(16,17)18/h2-10H,1H3/q+1. The van der Waals surface area contributed by atoms with Crippen LogP contribution >= 0.6 is 7.14 Å². The molecule has 2 aromatic carbocycles.